The molecule has 2 aromatic carbocycles. The molecule has 0 saturated heterocycles. The zero-order chi connectivity index (χ0) is 15.5. The molecule has 2 aromatic rings. The van der Waals surface area contributed by atoms with Crippen LogP contribution in [0.15, 0.2) is 48.5 Å². The molecular formula is C18H21NO2. The number of anilines is 2. The van der Waals surface area contributed by atoms with E-state index in [1.54, 1.807) is 0 Å². The third-order valence-electron chi connectivity index (χ3n) is 3.32. The van der Waals surface area contributed by atoms with Gasteiger partial charge in [0.1, 0.15) is 0 Å². The lowest BCUT2D eigenvalue weighted by atomic mass is 9.87. The number of carboxylic acids is 1. The van der Waals surface area contributed by atoms with E-state index in [1.165, 1.54) is 5.56 Å². The number of carboxylic acid groups (broad SMARTS) is 1. The van der Waals surface area contributed by atoms with Gasteiger partial charge in [-0.25, -0.2) is 0 Å². The second-order valence-electron chi connectivity index (χ2n) is 6.22. The standard InChI is InChI=1S/C18H21NO2/c1-18(2,3)14-7-9-15(10-8-14)19-16-6-4-5-13(11-16)12-17(20)21/h4-11,19H,12H2,1-3H3,(H,20,21). The molecular weight excluding hydrogens is 262 g/mol. The summed E-state index contributed by atoms with van der Waals surface area (Å²) in [6.07, 6.45) is 0.0402. The lowest BCUT2D eigenvalue weighted by molar-refractivity contribution is -0.136. The van der Waals surface area contributed by atoms with Crippen LogP contribution in [0, 0.1) is 0 Å². The van der Waals surface area contributed by atoms with Crippen LogP contribution in [0.2, 0.25) is 0 Å². The average molecular weight is 283 g/mol. The van der Waals surface area contributed by atoms with Crippen LogP contribution in [0.5, 0.6) is 0 Å². The van der Waals surface area contributed by atoms with E-state index < -0.39 is 5.97 Å². The minimum Gasteiger partial charge on any atom is -0.481 e. The van der Waals surface area contributed by atoms with Crippen LogP contribution in [0.4, 0.5) is 11.4 Å². The van der Waals surface area contributed by atoms with Gasteiger partial charge in [0.15, 0.2) is 0 Å². The highest BCUT2D eigenvalue weighted by atomic mass is 16.4. The maximum absolute atomic E-state index is 10.7. The first-order chi connectivity index (χ1) is 9.84. The van der Waals surface area contributed by atoms with Crippen molar-refractivity contribution in [3.63, 3.8) is 0 Å². The Morgan fingerprint density at radius 3 is 2.29 bits per heavy atom. The lowest BCUT2D eigenvalue weighted by Gasteiger charge is -2.19. The van der Waals surface area contributed by atoms with Gasteiger partial charge in [0, 0.05) is 11.4 Å². The van der Waals surface area contributed by atoms with E-state index in [-0.39, 0.29) is 11.8 Å². The molecule has 0 spiro atoms. The van der Waals surface area contributed by atoms with Crippen LogP contribution in [0.25, 0.3) is 0 Å². The molecule has 2 N–H and O–H groups in total. The minimum atomic E-state index is -0.818. The van der Waals surface area contributed by atoms with Crippen molar-refractivity contribution < 1.29 is 9.90 Å². The number of carbonyl (C=O) groups is 1. The zero-order valence-electron chi connectivity index (χ0n) is 12.7. The molecule has 0 atom stereocenters. The summed E-state index contributed by atoms with van der Waals surface area (Å²) in [6, 6.07) is 15.8. The highest BCUT2D eigenvalue weighted by Crippen LogP contribution is 2.25. The van der Waals surface area contributed by atoms with Crippen LogP contribution in [0.3, 0.4) is 0 Å². The van der Waals surface area contributed by atoms with Crippen LogP contribution >= 0.6 is 0 Å². The van der Waals surface area contributed by atoms with Crippen molar-refractivity contribution in [2.24, 2.45) is 0 Å². The zero-order valence-corrected chi connectivity index (χ0v) is 12.7. The quantitative estimate of drug-likeness (QED) is 0.876. The van der Waals surface area contributed by atoms with Crippen molar-refractivity contribution in [1.29, 1.82) is 0 Å². The first kappa shape index (κ1) is 15.1. The first-order valence-electron chi connectivity index (χ1n) is 7.03. The highest BCUT2D eigenvalue weighted by molar-refractivity contribution is 5.71. The van der Waals surface area contributed by atoms with E-state index >= 15 is 0 Å². The molecule has 0 aliphatic rings. The van der Waals surface area contributed by atoms with Crippen LogP contribution < -0.4 is 5.32 Å². The number of aliphatic carboxylic acids is 1. The maximum Gasteiger partial charge on any atom is 0.307 e. The lowest BCUT2D eigenvalue weighted by Crippen LogP contribution is -2.10. The normalized spacial score (nSPS) is 11.2. The molecule has 2 rings (SSSR count). The molecule has 21 heavy (non-hydrogen) atoms. The molecule has 0 heterocycles. The maximum atomic E-state index is 10.7. The predicted molar refractivity (Wildman–Crippen MR) is 86.2 cm³/mol. The van der Waals surface area contributed by atoms with Crippen LogP contribution in [-0.2, 0) is 16.6 Å². The Hall–Kier alpha value is -2.29. The summed E-state index contributed by atoms with van der Waals surface area (Å²) in [5.74, 6) is -0.818. The fourth-order valence-corrected chi connectivity index (χ4v) is 2.15. The largest absolute Gasteiger partial charge is 0.481 e. The van der Waals surface area contributed by atoms with Gasteiger partial charge in [0.25, 0.3) is 0 Å². The Morgan fingerprint density at radius 1 is 1.05 bits per heavy atom. The number of benzene rings is 2. The van der Waals surface area contributed by atoms with Crippen molar-refractivity contribution in [3.05, 3.63) is 59.7 Å². The summed E-state index contributed by atoms with van der Waals surface area (Å²) in [4.78, 5) is 10.7. The molecule has 0 unspecified atom stereocenters. The number of rotatable bonds is 4. The Labute approximate surface area is 125 Å². The second-order valence-corrected chi connectivity index (χ2v) is 6.22. The molecule has 0 aliphatic heterocycles. The smallest absolute Gasteiger partial charge is 0.307 e. The van der Waals surface area contributed by atoms with Gasteiger partial charge >= 0.3 is 5.97 Å². The molecule has 0 aromatic heterocycles. The predicted octanol–water partition coefficient (Wildman–Crippen LogP) is 4.35. The number of hydrogen-bond acceptors (Lipinski definition) is 2. The third-order valence-corrected chi connectivity index (χ3v) is 3.32. The molecule has 110 valence electrons. The van der Waals surface area contributed by atoms with Crippen LogP contribution in [-0.4, -0.2) is 11.1 Å². The van der Waals surface area contributed by atoms with E-state index in [2.05, 4.69) is 38.2 Å². The summed E-state index contributed by atoms with van der Waals surface area (Å²) in [5, 5.41) is 12.1. The summed E-state index contributed by atoms with van der Waals surface area (Å²) < 4.78 is 0. The van der Waals surface area contributed by atoms with Gasteiger partial charge < -0.3 is 10.4 Å². The van der Waals surface area contributed by atoms with Crippen molar-refractivity contribution >= 4 is 17.3 Å². The Balaban J connectivity index is 2.13. The fraction of sp³-hybridized carbons (Fsp3) is 0.278. The third kappa shape index (κ3) is 4.35. The van der Waals surface area contributed by atoms with Gasteiger partial charge in [-0.2, -0.15) is 0 Å². The molecule has 0 fully saturated rings. The fourth-order valence-electron chi connectivity index (χ4n) is 2.15. The average Bonchev–Trinajstić information content (AvgIpc) is 2.38. The van der Waals surface area contributed by atoms with E-state index in [4.69, 9.17) is 5.11 Å². The summed E-state index contributed by atoms with van der Waals surface area (Å²) >= 11 is 0. The van der Waals surface area contributed by atoms with Crippen molar-refractivity contribution in [2.45, 2.75) is 32.6 Å². The van der Waals surface area contributed by atoms with Gasteiger partial charge in [-0.1, -0.05) is 45.0 Å². The van der Waals surface area contributed by atoms with E-state index in [0.717, 1.165) is 16.9 Å². The van der Waals surface area contributed by atoms with Crippen molar-refractivity contribution in [2.75, 3.05) is 5.32 Å². The molecule has 3 heteroatoms. The van der Waals surface area contributed by atoms with E-state index in [1.807, 2.05) is 36.4 Å². The topological polar surface area (TPSA) is 49.3 Å². The van der Waals surface area contributed by atoms with Crippen LogP contribution in [0.1, 0.15) is 31.9 Å². The molecule has 0 radical (unpaired) electrons. The van der Waals surface area contributed by atoms with Crippen molar-refractivity contribution in [1.82, 2.24) is 0 Å². The van der Waals surface area contributed by atoms with Gasteiger partial charge in [0.05, 0.1) is 6.42 Å². The Morgan fingerprint density at radius 2 is 1.71 bits per heavy atom. The van der Waals surface area contributed by atoms with Crippen molar-refractivity contribution in [3.8, 4) is 0 Å². The minimum absolute atomic E-state index is 0.0402. The number of hydrogen-bond donors (Lipinski definition) is 2. The second kappa shape index (κ2) is 6.00. The van der Waals surface area contributed by atoms with Gasteiger partial charge in [0.2, 0.25) is 0 Å². The molecule has 0 aliphatic carbocycles. The molecule has 3 nitrogen and oxygen atoms in total. The van der Waals surface area contributed by atoms with Gasteiger partial charge in [-0.15, -0.1) is 0 Å². The molecule has 0 amide bonds. The summed E-state index contributed by atoms with van der Waals surface area (Å²) in [5.41, 5.74) is 4.11. The number of nitrogens with one attached hydrogen (secondary N) is 1. The molecule has 0 saturated carbocycles. The Kier molecular flexibility index (Phi) is 4.32. The summed E-state index contributed by atoms with van der Waals surface area (Å²) in [6.45, 7) is 6.56. The van der Waals surface area contributed by atoms with E-state index in [0.29, 0.717) is 0 Å². The van der Waals surface area contributed by atoms with E-state index in [9.17, 15) is 4.79 Å². The summed E-state index contributed by atoms with van der Waals surface area (Å²) in [7, 11) is 0. The van der Waals surface area contributed by atoms with Gasteiger partial charge in [-0.3, -0.25) is 4.79 Å². The monoisotopic (exact) mass is 283 g/mol. The van der Waals surface area contributed by atoms with Gasteiger partial charge in [-0.05, 0) is 40.8 Å². The molecule has 0 bridgehead atoms. The SMILES string of the molecule is CC(C)(C)c1ccc(Nc2cccc(CC(=O)O)c2)cc1. The highest BCUT2D eigenvalue weighted by Gasteiger charge is 2.12. The Bertz CT molecular complexity index is 624. The first-order valence-corrected chi connectivity index (χ1v) is 7.03.